The third-order valence-corrected chi connectivity index (χ3v) is 3.24. The number of rotatable bonds is 4. The van der Waals surface area contributed by atoms with Crippen LogP contribution in [0.15, 0.2) is 23.2 Å². The van der Waals surface area contributed by atoms with Crippen molar-refractivity contribution < 1.29 is 18.7 Å². The number of fused-ring (bicyclic) bond motifs is 1. The minimum absolute atomic E-state index is 0.0726. The average molecular weight is 292 g/mol. The molecule has 21 heavy (non-hydrogen) atoms. The second-order valence-corrected chi connectivity index (χ2v) is 5.01. The number of ether oxygens (including phenoxy) is 1. The topological polar surface area (TPSA) is 67.8 Å². The number of para-hydroxylation sites is 1. The molecule has 0 saturated carbocycles. The molecule has 0 aliphatic carbocycles. The first-order chi connectivity index (χ1) is 9.95. The van der Waals surface area contributed by atoms with E-state index in [0.29, 0.717) is 6.61 Å². The molecule has 0 aromatic heterocycles. The maximum absolute atomic E-state index is 13.9. The lowest BCUT2D eigenvalue weighted by atomic mass is 9.88. The Kier molecular flexibility index (Phi) is 4.47. The zero-order valence-corrected chi connectivity index (χ0v) is 12.1. The Balaban J connectivity index is 2.48. The number of amidine groups is 1. The number of ketones is 2. The number of methoxy groups -OCH3 is 1. The van der Waals surface area contributed by atoms with Crippen LogP contribution in [-0.2, 0) is 9.53 Å². The van der Waals surface area contributed by atoms with E-state index in [0.717, 1.165) is 0 Å². The Morgan fingerprint density at radius 3 is 2.86 bits per heavy atom. The highest BCUT2D eigenvalue weighted by Gasteiger charge is 2.37. The molecule has 2 unspecified atom stereocenters. The van der Waals surface area contributed by atoms with Gasteiger partial charge in [-0.25, -0.2) is 4.39 Å². The summed E-state index contributed by atoms with van der Waals surface area (Å²) in [5, 5.41) is 2.79. The SMILES string of the molecule is COCC(C)N=C1Nc2c(F)cccc2C(=O)C1C(C)=O. The highest BCUT2D eigenvalue weighted by molar-refractivity contribution is 6.32. The van der Waals surface area contributed by atoms with Crippen LogP contribution >= 0.6 is 0 Å². The largest absolute Gasteiger partial charge is 0.382 e. The van der Waals surface area contributed by atoms with Crippen LogP contribution in [0.4, 0.5) is 10.1 Å². The van der Waals surface area contributed by atoms with E-state index in [-0.39, 0.29) is 28.9 Å². The molecule has 0 fully saturated rings. The number of benzene rings is 1. The summed E-state index contributed by atoms with van der Waals surface area (Å²) >= 11 is 0. The highest BCUT2D eigenvalue weighted by atomic mass is 19.1. The van der Waals surface area contributed by atoms with E-state index in [1.165, 1.54) is 32.2 Å². The van der Waals surface area contributed by atoms with E-state index in [2.05, 4.69) is 10.3 Å². The monoisotopic (exact) mass is 292 g/mol. The second kappa shape index (κ2) is 6.13. The van der Waals surface area contributed by atoms with Crippen molar-refractivity contribution in [1.29, 1.82) is 0 Å². The number of nitrogens with one attached hydrogen (secondary N) is 1. The van der Waals surface area contributed by atoms with E-state index in [4.69, 9.17) is 4.74 Å². The van der Waals surface area contributed by atoms with Gasteiger partial charge < -0.3 is 10.1 Å². The number of hydrogen-bond acceptors (Lipinski definition) is 4. The molecule has 112 valence electrons. The van der Waals surface area contributed by atoms with Crippen molar-refractivity contribution in [1.82, 2.24) is 0 Å². The van der Waals surface area contributed by atoms with Crippen LogP contribution < -0.4 is 5.32 Å². The van der Waals surface area contributed by atoms with Gasteiger partial charge in [-0.3, -0.25) is 14.6 Å². The Morgan fingerprint density at radius 1 is 1.52 bits per heavy atom. The third kappa shape index (κ3) is 3.00. The number of aliphatic imine (C=N–C) groups is 1. The standard InChI is InChI=1S/C15H17FN2O3/c1-8(7-21-3)17-15-12(9(2)19)14(20)10-5-4-6-11(16)13(10)18-15/h4-6,8,12H,7H2,1-3H3,(H,17,18). The zero-order valence-electron chi connectivity index (χ0n) is 12.1. The van der Waals surface area contributed by atoms with Crippen LogP contribution in [-0.4, -0.2) is 37.2 Å². The van der Waals surface area contributed by atoms with Gasteiger partial charge in [-0.15, -0.1) is 0 Å². The smallest absolute Gasteiger partial charge is 0.183 e. The summed E-state index contributed by atoms with van der Waals surface area (Å²) < 4.78 is 18.8. The quantitative estimate of drug-likeness (QED) is 0.863. The molecule has 2 rings (SSSR count). The maximum Gasteiger partial charge on any atom is 0.183 e. The van der Waals surface area contributed by atoms with E-state index in [9.17, 15) is 14.0 Å². The molecule has 1 heterocycles. The normalized spacial score (nSPS) is 20.9. The molecule has 1 aromatic rings. The van der Waals surface area contributed by atoms with E-state index in [1.807, 2.05) is 0 Å². The van der Waals surface area contributed by atoms with Gasteiger partial charge in [-0.2, -0.15) is 0 Å². The minimum Gasteiger partial charge on any atom is -0.382 e. The first kappa shape index (κ1) is 15.3. The summed E-state index contributed by atoms with van der Waals surface area (Å²) in [7, 11) is 1.54. The lowest BCUT2D eigenvalue weighted by Gasteiger charge is -2.26. The Bertz CT molecular complexity index is 613. The zero-order chi connectivity index (χ0) is 15.6. The molecule has 0 bridgehead atoms. The van der Waals surface area contributed by atoms with Gasteiger partial charge in [0.05, 0.1) is 18.3 Å². The lowest BCUT2D eigenvalue weighted by Crippen LogP contribution is -2.41. The fraction of sp³-hybridized carbons (Fsp3) is 0.400. The van der Waals surface area contributed by atoms with Crippen molar-refractivity contribution in [2.45, 2.75) is 19.9 Å². The summed E-state index contributed by atoms with van der Waals surface area (Å²) in [5.74, 6) is -2.15. The van der Waals surface area contributed by atoms with Gasteiger partial charge in [0, 0.05) is 12.7 Å². The molecule has 0 saturated heterocycles. The fourth-order valence-corrected chi connectivity index (χ4v) is 2.34. The van der Waals surface area contributed by atoms with Crippen LogP contribution in [0, 0.1) is 11.7 Å². The number of carbonyl (C=O) groups is 2. The minimum atomic E-state index is -1.02. The number of Topliss-reactive ketones (excluding diaryl/α,β-unsaturated/α-hetero) is 2. The summed E-state index contributed by atoms with van der Waals surface area (Å²) in [4.78, 5) is 28.5. The van der Waals surface area contributed by atoms with Crippen molar-refractivity contribution in [2.24, 2.45) is 10.9 Å². The predicted octanol–water partition coefficient (Wildman–Crippen LogP) is 2.07. The van der Waals surface area contributed by atoms with Crippen molar-refractivity contribution in [3.05, 3.63) is 29.6 Å². The van der Waals surface area contributed by atoms with Crippen LogP contribution in [0.1, 0.15) is 24.2 Å². The molecular weight excluding hydrogens is 275 g/mol. The maximum atomic E-state index is 13.9. The second-order valence-electron chi connectivity index (χ2n) is 5.01. The van der Waals surface area contributed by atoms with Crippen LogP contribution in [0.5, 0.6) is 0 Å². The first-order valence-corrected chi connectivity index (χ1v) is 6.62. The van der Waals surface area contributed by atoms with E-state index in [1.54, 1.807) is 6.92 Å². The molecule has 0 amide bonds. The molecule has 1 aliphatic heterocycles. The average Bonchev–Trinajstić information content (AvgIpc) is 2.40. The van der Waals surface area contributed by atoms with Crippen LogP contribution in [0.3, 0.4) is 0 Å². The highest BCUT2D eigenvalue weighted by Crippen LogP contribution is 2.29. The molecule has 1 N–H and O–H groups in total. The third-order valence-electron chi connectivity index (χ3n) is 3.24. The summed E-state index contributed by atoms with van der Waals surface area (Å²) in [6.07, 6.45) is 0. The van der Waals surface area contributed by atoms with E-state index < -0.39 is 17.5 Å². The van der Waals surface area contributed by atoms with Gasteiger partial charge in [-0.1, -0.05) is 6.07 Å². The molecule has 0 spiro atoms. The van der Waals surface area contributed by atoms with Crippen molar-refractivity contribution in [3.8, 4) is 0 Å². The summed E-state index contributed by atoms with van der Waals surface area (Å²) in [6.45, 7) is 3.45. The Morgan fingerprint density at radius 2 is 2.24 bits per heavy atom. The predicted molar refractivity (Wildman–Crippen MR) is 77.3 cm³/mol. The van der Waals surface area contributed by atoms with Crippen LogP contribution in [0.2, 0.25) is 0 Å². The number of halogens is 1. The van der Waals surface area contributed by atoms with Crippen LogP contribution in [0.25, 0.3) is 0 Å². The lowest BCUT2D eigenvalue weighted by molar-refractivity contribution is -0.117. The Labute approximate surface area is 122 Å². The first-order valence-electron chi connectivity index (χ1n) is 6.62. The van der Waals surface area contributed by atoms with Gasteiger partial charge in [0.1, 0.15) is 23.4 Å². The van der Waals surface area contributed by atoms with E-state index >= 15 is 0 Å². The summed E-state index contributed by atoms with van der Waals surface area (Å²) in [5.41, 5.74) is 0.247. The molecule has 2 atom stereocenters. The molecule has 1 aliphatic rings. The van der Waals surface area contributed by atoms with Gasteiger partial charge in [0.15, 0.2) is 5.78 Å². The van der Waals surface area contributed by atoms with Crippen molar-refractivity contribution >= 4 is 23.1 Å². The number of anilines is 1. The fourth-order valence-electron chi connectivity index (χ4n) is 2.34. The number of nitrogens with zero attached hydrogens (tertiary/aromatic N) is 1. The molecule has 0 radical (unpaired) electrons. The summed E-state index contributed by atoms with van der Waals surface area (Å²) in [6, 6.07) is 3.95. The van der Waals surface area contributed by atoms with Gasteiger partial charge in [0.25, 0.3) is 0 Å². The molecule has 6 heteroatoms. The number of hydrogen-bond donors (Lipinski definition) is 1. The Hall–Kier alpha value is -2.08. The molecular formula is C15H17FN2O3. The number of carbonyl (C=O) groups excluding carboxylic acids is 2. The van der Waals surface area contributed by atoms with Gasteiger partial charge in [0.2, 0.25) is 0 Å². The molecule has 5 nitrogen and oxygen atoms in total. The van der Waals surface area contributed by atoms with Gasteiger partial charge >= 0.3 is 0 Å². The van der Waals surface area contributed by atoms with Gasteiger partial charge in [-0.05, 0) is 26.0 Å². The van der Waals surface area contributed by atoms with Crippen molar-refractivity contribution in [2.75, 3.05) is 19.0 Å². The molecule has 1 aromatic carbocycles. The van der Waals surface area contributed by atoms with Crippen molar-refractivity contribution in [3.63, 3.8) is 0 Å².